The standard InChI is InChI=1S/C21H27FN2O5S2/c1-5-7-9-15-13-24(10-8-6-2)17-11-19(30-4)18(29-14-16(22)21(25)26)12-20(17)31(27,28)23(15)3/h11-12,14-15H,5,7,9-10,13H2,1-4H3,(H,25,26)/b16-14-. The van der Waals surface area contributed by atoms with Crippen LogP contribution in [0.3, 0.4) is 0 Å². The summed E-state index contributed by atoms with van der Waals surface area (Å²) in [5.74, 6) is 2.67. The highest BCUT2D eigenvalue weighted by Gasteiger charge is 2.37. The van der Waals surface area contributed by atoms with Crippen LogP contribution >= 0.6 is 11.8 Å². The third kappa shape index (κ3) is 5.73. The van der Waals surface area contributed by atoms with Gasteiger partial charge in [-0.1, -0.05) is 25.7 Å². The molecule has 0 spiro atoms. The number of rotatable bonds is 8. The zero-order valence-corrected chi connectivity index (χ0v) is 19.6. The van der Waals surface area contributed by atoms with Crippen LogP contribution in [0.15, 0.2) is 34.0 Å². The number of thioether (sulfide) groups is 1. The molecule has 0 saturated carbocycles. The molecule has 31 heavy (non-hydrogen) atoms. The molecule has 1 aliphatic rings. The number of halogens is 1. The van der Waals surface area contributed by atoms with E-state index in [0.29, 0.717) is 36.4 Å². The zero-order chi connectivity index (χ0) is 23.2. The molecule has 1 unspecified atom stereocenters. The highest BCUT2D eigenvalue weighted by Crippen LogP contribution is 2.41. The Labute approximate surface area is 187 Å². The van der Waals surface area contributed by atoms with Gasteiger partial charge in [0.1, 0.15) is 16.9 Å². The van der Waals surface area contributed by atoms with Gasteiger partial charge in [0.05, 0.1) is 17.1 Å². The lowest BCUT2D eigenvalue weighted by atomic mass is 10.1. The van der Waals surface area contributed by atoms with Crippen LogP contribution in [-0.2, 0) is 14.8 Å². The van der Waals surface area contributed by atoms with Crippen LogP contribution in [0.25, 0.3) is 0 Å². The molecule has 2 rings (SSSR count). The number of carboxylic acid groups (broad SMARTS) is 1. The molecule has 1 aliphatic heterocycles. The summed E-state index contributed by atoms with van der Waals surface area (Å²) in [6, 6.07) is 2.77. The number of unbranched alkanes of at least 4 members (excludes halogenated alkanes) is 1. The van der Waals surface area contributed by atoms with E-state index in [2.05, 4.69) is 18.8 Å². The van der Waals surface area contributed by atoms with E-state index in [1.807, 2.05) is 4.90 Å². The fourth-order valence-electron chi connectivity index (χ4n) is 3.26. The average molecular weight is 471 g/mol. The summed E-state index contributed by atoms with van der Waals surface area (Å²) in [4.78, 5) is 13.2. The van der Waals surface area contributed by atoms with Gasteiger partial charge in [0.2, 0.25) is 15.9 Å². The third-order valence-corrected chi connectivity index (χ3v) is 7.72. The summed E-state index contributed by atoms with van der Waals surface area (Å²) in [6.45, 7) is 4.62. The summed E-state index contributed by atoms with van der Waals surface area (Å²) in [7, 11) is -2.32. The van der Waals surface area contributed by atoms with Crippen LogP contribution in [0.5, 0.6) is 5.75 Å². The number of hydrogen-bond donors (Lipinski definition) is 1. The maximum absolute atomic E-state index is 13.4. The Balaban J connectivity index is 2.65. The number of fused-ring (bicyclic) bond motifs is 1. The van der Waals surface area contributed by atoms with E-state index >= 15 is 0 Å². The van der Waals surface area contributed by atoms with Gasteiger partial charge in [0.25, 0.3) is 0 Å². The Bertz CT molecular complexity index is 1010. The van der Waals surface area contributed by atoms with Gasteiger partial charge < -0.3 is 14.7 Å². The van der Waals surface area contributed by atoms with Crippen molar-refractivity contribution in [2.45, 2.75) is 48.9 Å². The smallest absolute Gasteiger partial charge is 0.368 e. The minimum Gasteiger partial charge on any atom is -0.476 e. The third-order valence-electron chi connectivity index (χ3n) is 5.02. The van der Waals surface area contributed by atoms with E-state index in [1.54, 1.807) is 26.3 Å². The predicted octanol–water partition coefficient (Wildman–Crippen LogP) is 3.71. The molecule has 0 aliphatic carbocycles. The second kappa shape index (κ2) is 10.9. The molecule has 10 heteroatoms. The molecule has 0 aromatic heterocycles. The van der Waals surface area contributed by atoms with Gasteiger partial charge in [0.15, 0.2) is 0 Å². The lowest BCUT2D eigenvalue weighted by Gasteiger charge is -2.28. The second-order valence-corrected chi connectivity index (χ2v) is 9.80. The number of carbonyl (C=O) groups is 1. The first-order chi connectivity index (χ1) is 14.7. The number of nitrogens with zero attached hydrogens (tertiary/aromatic N) is 2. The SMILES string of the molecule is CC#CCN1CC(CCCC)N(C)S(=O)(=O)c2cc(O/C=C(\F)C(=O)O)c(SC)cc21. The first-order valence-corrected chi connectivity index (χ1v) is 12.4. The van der Waals surface area contributed by atoms with Crippen LogP contribution in [0.2, 0.25) is 0 Å². The molecule has 1 aromatic rings. The summed E-state index contributed by atoms with van der Waals surface area (Å²) >= 11 is 1.28. The summed E-state index contributed by atoms with van der Waals surface area (Å²) in [5.41, 5.74) is 0.494. The molecule has 170 valence electrons. The van der Waals surface area contributed by atoms with Gasteiger partial charge in [-0.2, -0.15) is 8.70 Å². The topological polar surface area (TPSA) is 87.2 Å². The van der Waals surface area contributed by atoms with Gasteiger partial charge in [0, 0.05) is 25.7 Å². The Morgan fingerprint density at radius 1 is 1.45 bits per heavy atom. The first-order valence-electron chi connectivity index (χ1n) is 9.77. The lowest BCUT2D eigenvalue weighted by Crippen LogP contribution is -2.42. The fraction of sp³-hybridized carbons (Fsp3) is 0.476. The quantitative estimate of drug-likeness (QED) is 0.268. The number of ether oxygens (including phenoxy) is 1. The van der Waals surface area contributed by atoms with Crippen molar-refractivity contribution in [1.29, 1.82) is 0 Å². The maximum atomic E-state index is 13.4. The van der Waals surface area contributed by atoms with Crippen LogP contribution in [0, 0.1) is 11.8 Å². The Hall–Kier alpha value is -2.22. The maximum Gasteiger partial charge on any atom is 0.368 e. The number of sulfonamides is 1. The van der Waals surface area contributed by atoms with E-state index in [4.69, 9.17) is 9.84 Å². The molecule has 1 atom stereocenters. The minimum absolute atomic E-state index is 0.0174. The molecule has 7 nitrogen and oxygen atoms in total. The number of benzene rings is 1. The lowest BCUT2D eigenvalue weighted by molar-refractivity contribution is -0.134. The largest absolute Gasteiger partial charge is 0.476 e. The molecule has 0 amide bonds. The molecule has 0 bridgehead atoms. The van der Waals surface area contributed by atoms with Gasteiger partial charge in [-0.3, -0.25) is 0 Å². The molecule has 0 radical (unpaired) electrons. The van der Waals surface area contributed by atoms with Crippen molar-refractivity contribution in [1.82, 2.24) is 4.31 Å². The number of aliphatic carboxylic acids is 1. The molecule has 1 heterocycles. The van der Waals surface area contributed by atoms with Crippen molar-refractivity contribution in [2.24, 2.45) is 0 Å². The van der Waals surface area contributed by atoms with Gasteiger partial charge in [-0.25, -0.2) is 13.2 Å². The van der Waals surface area contributed by atoms with Crippen molar-refractivity contribution < 1.29 is 27.4 Å². The summed E-state index contributed by atoms with van der Waals surface area (Å²) in [5, 5.41) is 8.70. The molecule has 0 fully saturated rings. The minimum atomic E-state index is -3.87. The van der Waals surface area contributed by atoms with Crippen LogP contribution < -0.4 is 9.64 Å². The van der Waals surface area contributed by atoms with Gasteiger partial charge in [-0.05, 0) is 25.7 Å². The van der Waals surface area contributed by atoms with Crippen molar-refractivity contribution in [3.63, 3.8) is 0 Å². The van der Waals surface area contributed by atoms with Crippen molar-refractivity contribution in [3.8, 4) is 17.6 Å². The van der Waals surface area contributed by atoms with Crippen LogP contribution in [0.4, 0.5) is 10.1 Å². The number of anilines is 1. The Kier molecular flexibility index (Phi) is 8.79. The fourth-order valence-corrected chi connectivity index (χ4v) is 5.38. The molecule has 1 N–H and O–H groups in total. The highest BCUT2D eigenvalue weighted by atomic mass is 32.2. The predicted molar refractivity (Wildman–Crippen MR) is 120 cm³/mol. The average Bonchev–Trinajstić information content (AvgIpc) is 2.82. The van der Waals surface area contributed by atoms with E-state index in [0.717, 1.165) is 12.8 Å². The van der Waals surface area contributed by atoms with Gasteiger partial charge in [-0.15, -0.1) is 17.7 Å². The first kappa shape index (κ1) is 25.0. The summed E-state index contributed by atoms with van der Waals surface area (Å²) in [6.07, 6.45) is 4.77. The normalized spacial score (nSPS) is 18.5. The zero-order valence-electron chi connectivity index (χ0n) is 18.0. The number of likely N-dealkylation sites (N-methyl/N-ethyl adjacent to an activating group) is 1. The van der Waals surface area contributed by atoms with Crippen molar-refractivity contribution in [2.75, 3.05) is 31.3 Å². The van der Waals surface area contributed by atoms with E-state index < -0.39 is 21.8 Å². The second-order valence-electron chi connectivity index (χ2n) is 6.98. The van der Waals surface area contributed by atoms with Crippen LogP contribution in [0.1, 0.15) is 33.1 Å². The van der Waals surface area contributed by atoms with E-state index in [1.165, 1.54) is 22.1 Å². The Morgan fingerprint density at radius 2 is 2.16 bits per heavy atom. The number of hydrogen-bond acceptors (Lipinski definition) is 6. The monoisotopic (exact) mass is 470 g/mol. The molecule has 0 saturated heterocycles. The van der Waals surface area contributed by atoms with E-state index in [9.17, 15) is 17.6 Å². The highest BCUT2D eigenvalue weighted by molar-refractivity contribution is 7.98. The Morgan fingerprint density at radius 3 is 2.74 bits per heavy atom. The van der Waals surface area contributed by atoms with Crippen molar-refractivity contribution in [3.05, 3.63) is 24.2 Å². The molecule has 1 aromatic carbocycles. The van der Waals surface area contributed by atoms with E-state index in [-0.39, 0.29) is 16.7 Å². The molecular formula is C21H27FN2O5S2. The van der Waals surface area contributed by atoms with Gasteiger partial charge >= 0.3 is 5.97 Å². The van der Waals surface area contributed by atoms with Crippen molar-refractivity contribution >= 4 is 33.4 Å². The summed E-state index contributed by atoms with van der Waals surface area (Å²) < 4.78 is 46.9. The molecular weight excluding hydrogens is 443 g/mol. The van der Waals surface area contributed by atoms with Crippen LogP contribution in [-0.4, -0.2) is 56.2 Å². The number of carboxylic acids is 1.